The number of benzene rings is 1. The van der Waals surface area contributed by atoms with Crippen LogP contribution in [-0.4, -0.2) is 32.1 Å². The summed E-state index contributed by atoms with van der Waals surface area (Å²) >= 11 is 6.13. The lowest BCUT2D eigenvalue weighted by molar-refractivity contribution is 0.0947. The number of carbonyl (C=O) groups is 1. The largest absolute Gasteiger partial charge is 0.492 e. The highest BCUT2D eigenvalue weighted by Gasteiger charge is 2.52. The minimum atomic E-state index is -0.118. The molecule has 3 aliphatic rings. The molecule has 1 aromatic rings. The first-order valence-electron chi connectivity index (χ1n) is 7.39. The summed E-state index contributed by atoms with van der Waals surface area (Å²) in [6.45, 7) is 3.44. The van der Waals surface area contributed by atoms with E-state index in [1.807, 2.05) is 0 Å². The van der Waals surface area contributed by atoms with E-state index in [0.717, 1.165) is 37.0 Å². The van der Waals surface area contributed by atoms with Crippen LogP contribution in [0.3, 0.4) is 0 Å². The number of hydrogen-bond donors (Lipinski definition) is 3. The standard InChI is InChI=1S/C15H18ClN3O2.ClH/c16-12-3-8(14-7(13(12)17)1-2-21-14)15(20)19-6-11-9-4-18-5-10(9)11;/h3,9-11,18H,1-2,4-6,17H2,(H,19,20);1H. The quantitative estimate of drug-likeness (QED) is 0.726. The van der Waals surface area contributed by atoms with Gasteiger partial charge in [-0.2, -0.15) is 0 Å². The molecule has 22 heavy (non-hydrogen) atoms. The van der Waals surface area contributed by atoms with Crippen LogP contribution < -0.4 is 21.1 Å². The molecule has 2 unspecified atom stereocenters. The number of carbonyl (C=O) groups excluding carboxylic acids is 1. The minimum absolute atomic E-state index is 0. The van der Waals surface area contributed by atoms with Crippen LogP contribution in [0.5, 0.6) is 5.75 Å². The summed E-state index contributed by atoms with van der Waals surface area (Å²) in [6, 6.07) is 1.62. The van der Waals surface area contributed by atoms with Crippen LogP contribution in [0.2, 0.25) is 5.02 Å². The second kappa shape index (κ2) is 5.80. The molecule has 2 aliphatic heterocycles. The summed E-state index contributed by atoms with van der Waals surface area (Å²) in [7, 11) is 0. The van der Waals surface area contributed by atoms with Crippen LogP contribution in [0, 0.1) is 17.8 Å². The van der Waals surface area contributed by atoms with Gasteiger partial charge >= 0.3 is 0 Å². The van der Waals surface area contributed by atoms with E-state index >= 15 is 0 Å². The van der Waals surface area contributed by atoms with Crippen molar-refractivity contribution in [2.75, 3.05) is 32.0 Å². The molecule has 5 nitrogen and oxygen atoms in total. The Morgan fingerprint density at radius 3 is 2.91 bits per heavy atom. The normalized spacial score (nSPS) is 27.4. The van der Waals surface area contributed by atoms with Crippen molar-refractivity contribution in [2.24, 2.45) is 17.8 Å². The highest BCUT2D eigenvalue weighted by atomic mass is 35.5. The Balaban J connectivity index is 0.00000144. The average Bonchev–Trinajstić information content (AvgIpc) is 2.92. The second-order valence-electron chi connectivity index (χ2n) is 6.09. The van der Waals surface area contributed by atoms with E-state index in [-0.39, 0.29) is 18.3 Å². The molecule has 4 rings (SSSR count). The monoisotopic (exact) mass is 343 g/mol. The molecule has 0 aromatic heterocycles. The number of ether oxygens (including phenoxy) is 1. The maximum absolute atomic E-state index is 12.4. The third-order valence-electron chi connectivity index (χ3n) is 4.98. The lowest BCUT2D eigenvalue weighted by atomic mass is 10.1. The van der Waals surface area contributed by atoms with Gasteiger partial charge in [-0.1, -0.05) is 11.6 Å². The van der Waals surface area contributed by atoms with Crippen molar-refractivity contribution >= 4 is 35.6 Å². The Morgan fingerprint density at radius 1 is 1.45 bits per heavy atom. The van der Waals surface area contributed by atoms with Crippen LogP contribution in [0.1, 0.15) is 15.9 Å². The van der Waals surface area contributed by atoms with Crippen molar-refractivity contribution in [3.8, 4) is 5.75 Å². The van der Waals surface area contributed by atoms with E-state index in [0.29, 0.717) is 41.0 Å². The van der Waals surface area contributed by atoms with Crippen LogP contribution in [0.15, 0.2) is 6.07 Å². The maximum Gasteiger partial charge on any atom is 0.255 e. The Bertz CT molecular complexity index is 613. The van der Waals surface area contributed by atoms with Gasteiger partial charge < -0.3 is 21.1 Å². The highest BCUT2D eigenvalue weighted by molar-refractivity contribution is 6.33. The molecule has 1 saturated carbocycles. The lowest BCUT2D eigenvalue weighted by Crippen LogP contribution is -2.29. The lowest BCUT2D eigenvalue weighted by Gasteiger charge is -2.12. The van der Waals surface area contributed by atoms with Crippen molar-refractivity contribution in [3.63, 3.8) is 0 Å². The Kier molecular flexibility index (Phi) is 4.14. The summed E-state index contributed by atoms with van der Waals surface area (Å²) in [4.78, 5) is 12.4. The number of amides is 1. The maximum atomic E-state index is 12.4. The van der Waals surface area contributed by atoms with Gasteiger partial charge in [0, 0.05) is 18.5 Å². The molecule has 120 valence electrons. The predicted octanol–water partition coefficient (Wildman–Crippen LogP) is 1.47. The van der Waals surface area contributed by atoms with Crippen LogP contribution in [0.25, 0.3) is 0 Å². The van der Waals surface area contributed by atoms with Gasteiger partial charge in [-0.15, -0.1) is 12.4 Å². The van der Waals surface area contributed by atoms with E-state index in [1.165, 1.54) is 0 Å². The van der Waals surface area contributed by atoms with Crippen LogP contribution in [-0.2, 0) is 6.42 Å². The number of fused-ring (bicyclic) bond motifs is 2. The summed E-state index contributed by atoms with van der Waals surface area (Å²) in [5.74, 6) is 2.58. The molecule has 2 fully saturated rings. The SMILES string of the molecule is Cl.Nc1c(Cl)cc(C(=O)NCC2C3CNCC32)c2c1CCO2. The first kappa shape index (κ1) is 15.7. The Labute approximate surface area is 140 Å². The number of rotatable bonds is 3. The minimum Gasteiger partial charge on any atom is -0.492 e. The fourth-order valence-corrected chi connectivity index (χ4v) is 3.91. The molecule has 2 atom stereocenters. The van der Waals surface area contributed by atoms with Gasteiger partial charge in [0.1, 0.15) is 5.75 Å². The van der Waals surface area contributed by atoms with Crippen molar-refractivity contribution in [3.05, 3.63) is 22.2 Å². The average molecular weight is 344 g/mol. The van der Waals surface area contributed by atoms with E-state index in [4.69, 9.17) is 22.1 Å². The van der Waals surface area contributed by atoms with Crippen LogP contribution in [0.4, 0.5) is 5.69 Å². The van der Waals surface area contributed by atoms with Crippen LogP contribution >= 0.6 is 24.0 Å². The molecule has 0 bridgehead atoms. The zero-order valence-electron chi connectivity index (χ0n) is 12.0. The zero-order chi connectivity index (χ0) is 14.6. The van der Waals surface area contributed by atoms with E-state index < -0.39 is 0 Å². The molecule has 7 heteroatoms. The van der Waals surface area contributed by atoms with Gasteiger partial charge in [0.05, 0.1) is 22.9 Å². The van der Waals surface area contributed by atoms with Crippen molar-refractivity contribution in [1.29, 1.82) is 0 Å². The number of piperidine rings is 1. The van der Waals surface area contributed by atoms with E-state index in [9.17, 15) is 4.79 Å². The molecule has 1 saturated heterocycles. The fraction of sp³-hybridized carbons (Fsp3) is 0.533. The number of hydrogen-bond acceptors (Lipinski definition) is 4. The molecule has 1 aromatic carbocycles. The van der Waals surface area contributed by atoms with E-state index in [1.54, 1.807) is 6.07 Å². The first-order valence-corrected chi connectivity index (χ1v) is 7.77. The molecule has 0 radical (unpaired) electrons. The molecule has 1 amide bonds. The third-order valence-corrected chi connectivity index (χ3v) is 5.30. The molecular formula is C15H19Cl2N3O2. The second-order valence-corrected chi connectivity index (χ2v) is 6.49. The van der Waals surface area contributed by atoms with Crippen molar-refractivity contribution < 1.29 is 9.53 Å². The highest BCUT2D eigenvalue weighted by Crippen LogP contribution is 2.48. The number of anilines is 1. The van der Waals surface area contributed by atoms with Gasteiger partial charge in [0.2, 0.25) is 0 Å². The van der Waals surface area contributed by atoms with Crippen molar-refractivity contribution in [1.82, 2.24) is 10.6 Å². The van der Waals surface area contributed by atoms with Gasteiger partial charge in [0.15, 0.2) is 0 Å². The molecule has 1 aliphatic carbocycles. The number of nitrogen functional groups attached to an aromatic ring is 1. The Morgan fingerprint density at radius 2 is 2.18 bits per heavy atom. The van der Waals surface area contributed by atoms with Gasteiger partial charge in [-0.25, -0.2) is 0 Å². The number of halogens is 2. The van der Waals surface area contributed by atoms with Gasteiger partial charge in [0.25, 0.3) is 5.91 Å². The molecule has 4 N–H and O–H groups in total. The van der Waals surface area contributed by atoms with Crippen molar-refractivity contribution in [2.45, 2.75) is 6.42 Å². The first-order chi connectivity index (χ1) is 10.2. The topological polar surface area (TPSA) is 76.4 Å². The fourth-order valence-electron chi connectivity index (χ4n) is 3.69. The smallest absolute Gasteiger partial charge is 0.255 e. The molecular weight excluding hydrogens is 325 g/mol. The summed E-state index contributed by atoms with van der Waals surface area (Å²) in [5, 5.41) is 6.80. The van der Waals surface area contributed by atoms with Gasteiger partial charge in [-0.05, 0) is 36.9 Å². The number of nitrogens with two attached hydrogens (primary N) is 1. The Hall–Kier alpha value is -1.17. The zero-order valence-corrected chi connectivity index (χ0v) is 13.6. The molecule has 0 spiro atoms. The molecule has 2 heterocycles. The summed E-state index contributed by atoms with van der Waals surface area (Å²) < 4.78 is 5.57. The van der Waals surface area contributed by atoms with Gasteiger partial charge in [-0.3, -0.25) is 4.79 Å². The summed E-state index contributed by atoms with van der Waals surface area (Å²) in [6.07, 6.45) is 0.709. The predicted molar refractivity (Wildman–Crippen MR) is 88.0 cm³/mol. The third kappa shape index (κ3) is 2.41. The number of nitrogens with one attached hydrogen (secondary N) is 2. The van der Waals surface area contributed by atoms with E-state index in [2.05, 4.69) is 10.6 Å². The summed E-state index contributed by atoms with van der Waals surface area (Å²) in [5.41, 5.74) is 7.84.